The fraction of sp³-hybridized carbons (Fsp3) is 0.611. The largest absolute Gasteiger partial charge is 0.380 e. The lowest BCUT2D eigenvalue weighted by atomic mass is 9.93. The zero-order valence-electron chi connectivity index (χ0n) is 14.0. The molecule has 1 aliphatic heterocycles. The summed E-state index contributed by atoms with van der Waals surface area (Å²) in [5.41, 5.74) is 2.49. The van der Waals surface area contributed by atoms with E-state index in [1.165, 1.54) is 11.1 Å². The van der Waals surface area contributed by atoms with Crippen molar-refractivity contribution in [1.82, 2.24) is 10.2 Å². The van der Waals surface area contributed by atoms with Crippen molar-refractivity contribution in [2.24, 2.45) is 5.92 Å². The van der Waals surface area contributed by atoms with E-state index in [2.05, 4.69) is 36.5 Å². The molecule has 1 aromatic rings. The topological polar surface area (TPSA) is 41.6 Å². The number of piperidine rings is 1. The highest BCUT2D eigenvalue weighted by molar-refractivity contribution is 5.75. The summed E-state index contributed by atoms with van der Waals surface area (Å²) in [4.78, 5) is 13.8. The molecule has 2 atom stereocenters. The first-order chi connectivity index (χ1) is 10.6. The Morgan fingerprint density at radius 3 is 2.59 bits per heavy atom. The molecule has 0 bridgehead atoms. The van der Waals surface area contributed by atoms with Gasteiger partial charge in [0, 0.05) is 39.2 Å². The second-order valence-electron chi connectivity index (χ2n) is 6.20. The predicted octanol–water partition coefficient (Wildman–Crippen LogP) is 2.57. The molecule has 2 rings (SSSR count). The van der Waals surface area contributed by atoms with E-state index in [1.807, 2.05) is 11.8 Å². The van der Waals surface area contributed by atoms with E-state index >= 15 is 0 Å². The first-order valence-corrected chi connectivity index (χ1v) is 8.22. The molecular weight excluding hydrogens is 276 g/mol. The highest BCUT2D eigenvalue weighted by atomic mass is 16.5. The zero-order chi connectivity index (χ0) is 15.9. The van der Waals surface area contributed by atoms with E-state index < -0.39 is 0 Å². The van der Waals surface area contributed by atoms with Crippen LogP contribution in [0.1, 0.15) is 37.8 Å². The molecule has 122 valence electrons. The SMILES string of the molecule is CCC(=O)N1CC[C@@H](NCc2ccc(COC)cc2)[C@H](C)C1. The molecule has 1 saturated heterocycles. The number of methoxy groups -OCH3 is 1. The number of ether oxygens (including phenoxy) is 1. The highest BCUT2D eigenvalue weighted by Crippen LogP contribution is 2.18. The summed E-state index contributed by atoms with van der Waals surface area (Å²) in [6.45, 7) is 7.45. The quantitative estimate of drug-likeness (QED) is 0.878. The standard InChI is InChI=1S/C18H28N2O2/c1-4-18(21)20-10-9-17(14(2)12-20)19-11-15-5-7-16(8-6-15)13-22-3/h5-8,14,17,19H,4,9-13H2,1-3H3/t14-,17-/m1/s1. The van der Waals surface area contributed by atoms with Crippen LogP contribution in [0, 0.1) is 5.92 Å². The van der Waals surface area contributed by atoms with Gasteiger partial charge in [-0.15, -0.1) is 0 Å². The maximum absolute atomic E-state index is 11.8. The Balaban J connectivity index is 1.81. The van der Waals surface area contributed by atoms with Crippen molar-refractivity contribution < 1.29 is 9.53 Å². The van der Waals surface area contributed by atoms with Crippen molar-refractivity contribution in [3.63, 3.8) is 0 Å². The Hall–Kier alpha value is -1.39. The lowest BCUT2D eigenvalue weighted by molar-refractivity contribution is -0.132. The van der Waals surface area contributed by atoms with Gasteiger partial charge in [0.25, 0.3) is 0 Å². The molecule has 0 saturated carbocycles. The molecule has 1 amide bonds. The minimum atomic E-state index is 0.277. The van der Waals surface area contributed by atoms with Crippen LogP contribution >= 0.6 is 0 Å². The van der Waals surface area contributed by atoms with Gasteiger partial charge in [-0.05, 0) is 23.5 Å². The lowest BCUT2D eigenvalue weighted by Gasteiger charge is -2.37. The molecule has 4 nitrogen and oxygen atoms in total. The van der Waals surface area contributed by atoms with Gasteiger partial charge in [0.15, 0.2) is 0 Å². The van der Waals surface area contributed by atoms with Gasteiger partial charge in [0.1, 0.15) is 0 Å². The minimum absolute atomic E-state index is 0.277. The normalized spacial score (nSPS) is 21.9. The summed E-state index contributed by atoms with van der Waals surface area (Å²) in [7, 11) is 1.71. The minimum Gasteiger partial charge on any atom is -0.380 e. The monoisotopic (exact) mass is 304 g/mol. The summed E-state index contributed by atoms with van der Waals surface area (Å²) in [6, 6.07) is 9.03. The Kier molecular flexibility index (Phi) is 6.40. The Bertz CT molecular complexity index is 472. The number of hydrogen-bond donors (Lipinski definition) is 1. The number of amides is 1. The number of nitrogens with one attached hydrogen (secondary N) is 1. The van der Waals surface area contributed by atoms with Crippen LogP contribution in [0.2, 0.25) is 0 Å². The Morgan fingerprint density at radius 1 is 1.32 bits per heavy atom. The van der Waals surface area contributed by atoms with Crippen molar-refractivity contribution >= 4 is 5.91 Å². The third kappa shape index (κ3) is 4.55. The number of rotatable bonds is 6. The molecule has 0 aliphatic carbocycles. The highest BCUT2D eigenvalue weighted by Gasteiger charge is 2.27. The Labute approximate surface area is 133 Å². The molecular formula is C18H28N2O2. The van der Waals surface area contributed by atoms with Crippen LogP contribution in [0.5, 0.6) is 0 Å². The summed E-state index contributed by atoms with van der Waals surface area (Å²) in [5, 5.41) is 3.65. The van der Waals surface area contributed by atoms with Crippen LogP contribution in [0.4, 0.5) is 0 Å². The zero-order valence-corrected chi connectivity index (χ0v) is 14.0. The number of likely N-dealkylation sites (tertiary alicyclic amines) is 1. The third-order valence-electron chi connectivity index (χ3n) is 4.46. The van der Waals surface area contributed by atoms with Gasteiger partial charge < -0.3 is 15.0 Å². The maximum atomic E-state index is 11.8. The summed E-state index contributed by atoms with van der Waals surface area (Å²) >= 11 is 0. The van der Waals surface area contributed by atoms with Crippen LogP contribution in [0.3, 0.4) is 0 Å². The average molecular weight is 304 g/mol. The molecule has 0 spiro atoms. The van der Waals surface area contributed by atoms with E-state index in [4.69, 9.17) is 4.74 Å². The molecule has 4 heteroatoms. The van der Waals surface area contributed by atoms with E-state index in [9.17, 15) is 4.79 Å². The molecule has 0 aromatic heterocycles. The van der Waals surface area contributed by atoms with Gasteiger partial charge in [0.2, 0.25) is 5.91 Å². The van der Waals surface area contributed by atoms with Gasteiger partial charge in [-0.3, -0.25) is 4.79 Å². The van der Waals surface area contributed by atoms with Crippen molar-refractivity contribution in [2.45, 2.75) is 45.9 Å². The number of carbonyl (C=O) groups excluding carboxylic acids is 1. The predicted molar refractivity (Wildman–Crippen MR) is 88.4 cm³/mol. The van der Waals surface area contributed by atoms with E-state index in [-0.39, 0.29) is 5.91 Å². The summed E-state index contributed by atoms with van der Waals surface area (Å²) in [5.74, 6) is 0.774. The summed E-state index contributed by atoms with van der Waals surface area (Å²) < 4.78 is 5.13. The van der Waals surface area contributed by atoms with Crippen LogP contribution in [0.15, 0.2) is 24.3 Å². The Morgan fingerprint density at radius 2 is 2.00 bits per heavy atom. The van der Waals surface area contributed by atoms with Gasteiger partial charge in [-0.1, -0.05) is 38.1 Å². The van der Waals surface area contributed by atoms with Gasteiger partial charge in [-0.2, -0.15) is 0 Å². The molecule has 1 aromatic carbocycles. The number of carbonyl (C=O) groups is 1. The van der Waals surface area contributed by atoms with Crippen molar-refractivity contribution in [3.05, 3.63) is 35.4 Å². The first kappa shape index (κ1) is 17.0. The molecule has 22 heavy (non-hydrogen) atoms. The fourth-order valence-electron chi connectivity index (χ4n) is 3.07. The number of hydrogen-bond acceptors (Lipinski definition) is 3. The molecule has 1 fully saturated rings. The van der Waals surface area contributed by atoms with Crippen LogP contribution in [-0.2, 0) is 22.7 Å². The van der Waals surface area contributed by atoms with Crippen molar-refractivity contribution in [3.8, 4) is 0 Å². The molecule has 0 unspecified atom stereocenters. The number of benzene rings is 1. The van der Waals surface area contributed by atoms with Crippen LogP contribution in [-0.4, -0.2) is 37.0 Å². The van der Waals surface area contributed by atoms with Gasteiger partial charge in [-0.25, -0.2) is 0 Å². The fourth-order valence-corrected chi connectivity index (χ4v) is 3.07. The molecule has 1 aliphatic rings. The third-order valence-corrected chi connectivity index (χ3v) is 4.46. The van der Waals surface area contributed by atoms with Gasteiger partial charge >= 0.3 is 0 Å². The second kappa shape index (κ2) is 8.30. The second-order valence-corrected chi connectivity index (χ2v) is 6.20. The van der Waals surface area contributed by atoms with E-state index in [0.717, 1.165) is 26.1 Å². The number of nitrogens with zero attached hydrogens (tertiary/aromatic N) is 1. The molecule has 0 radical (unpaired) electrons. The average Bonchev–Trinajstić information content (AvgIpc) is 2.54. The van der Waals surface area contributed by atoms with E-state index in [0.29, 0.717) is 25.0 Å². The van der Waals surface area contributed by atoms with Crippen LogP contribution < -0.4 is 5.32 Å². The maximum Gasteiger partial charge on any atom is 0.222 e. The molecule has 1 heterocycles. The van der Waals surface area contributed by atoms with Crippen molar-refractivity contribution in [2.75, 3.05) is 20.2 Å². The lowest BCUT2D eigenvalue weighted by Crippen LogP contribution is -2.49. The van der Waals surface area contributed by atoms with Crippen molar-refractivity contribution in [1.29, 1.82) is 0 Å². The van der Waals surface area contributed by atoms with Crippen LogP contribution in [0.25, 0.3) is 0 Å². The summed E-state index contributed by atoms with van der Waals surface area (Å²) in [6.07, 6.45) is 1.65. The molecule has 1 N–H and O–H groups in total. The smallest absolute Gasteiger partial charge is 0.222 e. The first-order valence-electron chi connectivity index (χ1n) is 8.22. The van der Waals surface area contributed by atoms with E-state index in [1.54, 1.807) is 7.11 Å². The van der Waals surface area contributed by atoms with Gasteiger partial charge in [0.05, 0.1) is 6.61 Å².